The molecule has 0 bridgehead atoms. The Balaban J connectivity index is 0.000000963. The Bertz CT molecular complexity index is 516. The molecule has 0 aliphatic carbocycles. The first-order valence-corrected chi connectivity index (χ1v) is 5.12. The highest BCUT2D eigenvalue weighted by atomic mass is 79.9. The first kappa shape index (κ1) is 11.4. The van der Waals surface area contributed by atoms with Gasteiger partial charge in [0.2, 0.25) is 0 Å². The molecule has 1 aromatic rings. The lowest BCUT2D eigenvalue weighted by atomic mass is 10.4. The molecular formula is C9H6Br2N4O. The van der Waals surface area contributed by atoms with Crippen LogP contribution in [-0.4, -0.2) is 17.9 Å². The van der Waals surface area contributed by atoms with Gasteiger partial charge in [-0.2, -0.15) is 4.99 Å². The molecule has 2 aliphatic heterocycles. The second kappa shape index (κ2) is 4.44. The smallest absolute Gasteiger partial charge is 0.278 e. The lowest BCUT2D eigenvalue weighted by Crippen LogP contribution is -3.05. The molecule has 2 aliphatic rings. The molecular weight excluding hydrogens is 340 g/mol. The quantitative estimate of drug-likeness (QED) is 0.563. The van der Waals surface area contributed by atoms with Gasteiger partial charge in [0, 0.05) is 0 Å². The molecule has 1 unspecified atom stereocenters. The van der Waals surface area contributed by atoms with Gasteiger partial charge in [-0.25, -0.2) is 4.99 Å². The molecule has 1 aromatic heterocycles. The molecule has 0 saturated heterocycles. The van der Waals surface area contributed by atoms with Crippen molar-refractivity contribution in [2.45, 2.75) is 0 Å². The van der Waals surface area contributed by atoms with Crippen molar-refractivity contribution in [2.24, 2.45) is 15.1 Å². The Labute approximate surface area is 110 Å². The first-order chi connectivity index (χ1) is 7.33. The van der Waals surface area contributed by atoms with E-state index in [9.17, 15) is 0 Å². The van der Waals surface area contributed by atoms with E-state index in [0.717, 1.165) is 15.5 Å². The monoisotopic (exact) mass is 344 g/mol. The number of rotatable bonds is 1. The van der Waals surface area contributed by atoms with Gasteiger partial charge in [-0.05, 0) is 33.2 Å². The Morgan fingerprint density at radius 3 is 3.00 bits per heavy atom. The van der Waals surface area contributed by atoms with Crippen LogP contribution in [0.25, 0.3) is 0 Å². The van der Waals surface area contributed by atoms with Gasteiger partial charge in [0.1, 0.15) is 6.21 Å². The van der Waals surface area contributed by atoms with Gasteiger partial charge in [0.25, 0.3) is 11.7 Å². The summed E-state index contributed by atoms with van der Waals surface area (Å²) in [4.78, 5) is 8.39. The van der Waals surface area contributed by atoms with E-state index in [1.54, 1.807) is 12.5 Å². The van der Waals surface area contributed by atoms with Crippen molar-refractivity contribution in [1.82, 2.24) is 0 Å². The van der Waals surface area contributed by atoms with Crippen LogP contribution in [0, 0.1) is 0 Å². The average Bonchev–Trinajstić information content (AvgIpc) is 2.84. The van der Waals surface area contributed by atoms with Crippen LogP contribution >= 0.6 is 15.9 Å². The maximum absolute atomic E-state index is 5.22. The fourth-order valence-corrected chi connectivity index (χ4v) is 1.68. The average molecular weight is 346 g/mol. The van der Waals surface area contributed by atoms with E-state index in [-0.39, 0.29) is 17.0 Å². The normalized spacial score (nSPS) is 21.8. The van der Waals surface area contributed by atoms with Crippen molar-refractivity contribution < 1.29 is 26.4 Å². The third-order valence-electron chi connectivity index (χ3n) is 2.02. The maximum atomic E-state index is 5.22. The van der Waals surface area contributed by atoms with Gasteiger partial charge < -0.3 is 21.4 Å². The van der Waals surface area contributed by atoms with E-state index in [4.69, 9.17) is 4.42 Å². The number of quaternary nitrogens is 1. The zero-order valence-electron chi connectivity index (χ0n) is 7.89. The van der Waals surface area contributed by atoms with Crippen LogP contribution in [0.3, 0.4) is 0 Å². The SMILES string of the molecule is BrC1=C[NH+]2N=C(c3ccco3)N=C2C=N1.[Br-]. The van der Waals surface area contributed by atoms with Crippen LogP contribution < -0.4 is 22.0 Å². The molecule has 1 atom stereocenters. The van der Waals surface area contributed by atoms with Gasteiger partial charge in [-0.15, -0.1) is 5.01 Å². The number of hydrogen-bond acceptors (Lipinski definition) is 4. The molecule has 82 valence electrons. The summed E-state index contributed by atoms with van der Waals surface area (Å²) in [5.74, 6) is 2.03. The largest absolute Gasteiger partial charge is 1.00 e. The van der Waals surface area contributed by atoms with Gasteiger partial charge in [-0.3, -0.25) is 0 Å². The van der Waals surface area contributed by atoms with Crippen molar-refractivity contribution in [3.8, 4) is 0 Å². The summed E-state index contributed by atoms with van der Waals surface area (Å²) in [6.07, 6.45) is 5.11. The minimum Gasteiger partial charge on any atom is -1.00 e. The predicted molar refractivity (Wildman–Crippen MR) is 59.1 cm³/mol. The number of nitrogens with zero attached hydrogens (tertiary/aromatic N) is 3. The van der Waals surface area contributed by atoms with E-state index in [1.165, 1.54) is 0 Å². The number of aliphatic imine (C=N–C) groups is 2. The lowest BCUT2D eigenvalue weighted by molar-refractivity contribution is -0.748. The molecule has 0 amide bonds. The molecule has 16 heavy (non-hydrogen) atoms. The van der Waals surface area contributed by atoms with Crippen molar-refractivity contribution in [2.75, 3.05) is 0 Å². The summed E-state index contributed by atoms with van der Waals surface area (Å²) in [6.45, 7) is 0. The minimum absolute atomic E-state index is 0. The van der Waals surface area contributed by atoms with Crippen molar-refractivity contribution >= 4 is 33.8 Å². The number of nitrogens with one attached hydrogen (secondary N) is 1. The third kappa shape index (κ3) is 1.93. The molecule has 1 N–H and O–H groups in total. The number of fused-ring (bicyclic) bond motifs is 1. The third-order valence-corrected chi connectivity index (χ3v) is 2.46. The summed E-state index contributed by atoms with van der Waals surface area (Å²) >= 11 is 3.29. The molecule has 0 saturated carbocycles. The number of amidine groups is 2. The zero-order valence-corrected chi connectivity index (χ0v) is 11.1. The fraction of sp³-hybridized carbons (Fsp3) is 0. The van der Waals surface area contributed by atoms with E-state index in [0.29, 0.717) is 11.6 Å². The van der Waals surface area contributed by atoms with Gasteiger partial charge in [0.15, 0.2) is 16.6 Å². The summed E-state index contributed by atoms with van der Waals surface area (Å²) in [7, 11) is 0. The summed E-state index contributed by atoms with van der Waals surface area (Å²) in [5.41, 5.74) is 0. The highest BCUT2D eigenvalue weighted by Crippen LogP contribution is 2.08. The lowest BCUT2D eigenvalue weighted by Gasteiger charge is -2.03. The summed E-state index contributed by atoms with van der Waals surface area (Å²) < 4.78 is 5.97. The minimum atomic E-state index is 0. The molecule has 0 spiro atoms. The Hall–Kier alpha value is -1.05. The van der Waals surface area contributed by atoms with Crippen molar-refractivity contribution in [3.63, 3.8) is 0 Å². The highest BCUT2D eigenvalue weighted by Gasteiger charge is 2.27. The van der Waals surface area contributed by atoms with Crippen LogP contribution in [0.15, 0.2) is 48.7 Å². The summed E-state index contributed by atoms with van der Waals surface area (Å²) in [6, 6.07) is 3.64. The Morgan fingerprint density at radius 2 is 2.25 bits per heavy atom. The van der Waals surface area contributed by atoms with Crippen LogP contribution in [0.2, 0.25) is 0 Å². The van der Waals surface area contributed by atoms with Gasteiger partial charge >= 0.3 is 0 Å². The molecule has 0 fully saturated rings. The fourth-order valence-electron chi connectivity index (χ4n) is 1.36. The molecule has 3 heterocycles. The second-order valence-electron chi connectivity index (χ2n) is 3.02. The Morgan fingerprint density at radius 1 is 1.38 bits per heavy atom. The highest BCUT2D eigenvalue weighted by molar-refractivity contribution is 9.11. The second-order valence-corrected chi connectivity index (χ2v) is 3.83. The van der Waals surface area contributed by atoms with Crippen LogP contribution in [-0.2, 0) is 0 Å². The topological polar surface area (TPSA) is 54.7 Å². The van der Waals surface area contributed by atoms with E-state index < -0.39 is 0 Å². The van der Waals surface area contributed by atoms with Crippen molar-refractivity contribution in [1.29, 1.82) is 0 Å². The van der Waals surface area contributed by atoms with E-state index >= 15 is 0 Å². The summed E-state index contributed by atoms with van der Waals surface area (Å²) in [5, 5.41) is 5.15. The number of furan rings is 1. The molecule has 5 nitrogen and oxygen atoms in total. The van der Waals surface area contributed by atoms with Crippen LogP contribution in [0.1, 0.15) is 5.76 Å². The molecule has 0 radical (unpaired) electrons. The van der Waals surface area contributed by atoms with Crippen LogP contribution in [0.4, 0.5) is 0 Å². The van der Waals surface area contributed by atoms with Gasteiger partial charge in [-0.1, -0.05) is 0 Å². The first-order valence-electron chi connectivity index (χ1n) is 4.33. The van der Waals surface area contributed by atoms with E-state index in [1.807, 2.05) is 18.3 Å². The van der Waals surface area contributed by atoms with E-state index in [2.05, 4.69) is 31.0 Å². The van der Waals surface area contributed by atoms with Crippen LogP contribution in [0.5, 0.6) is 0 Å². The van der Waals surface area contributed by atoms with Crippen molar-refractivity contribution in [3.05, 3.63) is 35.0 Å². The predicted octanol–water partition coefficient (Wildman–Crippen LogP) is -2.48. The zero-order chi connectivity index (χ0) is 10.3. The Kier molecular flexibility index (Phi) is 3.17. The molecule has 3 rings (SSSR count). The molecule has 0 aromatic carbocycles. The molecule has 7 heteroatoms. The maximum Gasteiger partial charge on any atom is 0.278 e. The number of halogens is 2. The number of hydrogen-bond donors (Lipinski definition) is 1. The van der Waals surface area contributed by atoms with Gasteiger partial charge in [0.05, 0.1) is 6.26 Å². The standard InChI is InChI=1S/C9H5BrN4O.BrH/c10-7-5-14-8(4-11-7)12-9(13-14)6-2-1-3-15-6;/h1-5H;1H.